The van der Waals surface area contributed by atoms with Crippen molar-refractivity contribution in [3.63, 3.8) is 0 Å². The van der Waals surface area contributed by atoms with E-state index in [0.29, 0.717) is 18.0 Å². The second-order valence-corrected chi connectivity index (χ2v) is 6.70. The topological polar surface area (TPSA) is 89.7 Å². The first kappa shape index (κ1) is 13.8. The molecule has 0 saturated carbocycles. The Kier molecular flexibility index (Phi) is 3.06. The van der Waals surface area contributed by atoms with E-state index in [1.165, 1.54) is 30.0 Å². The number of amides is 1. The Bertz CT molecular complexity index is 637. The minimum atomic E-state index is -3.81. The summed E-state index contributed by atoms with van der Waals surface area (Å²) in [6.45, 7) is 5.50. The highest BCUT2D eigenvalue weighted by Crippen LogP contribution is 2.38. The summed E-state index contributed by atoms with van der Waals surface area (Å²) in [6.07, 6.45) is 0. The molecule has 0 atom stereocenters. The maximum absolute atomic E-state index is 11.7. The van der Waals surface area contributed by atoms with E-state index in [2.05, 4.69) is 0 Å². The van der Waals surface area contributed by atoms with Gasteiger partial charge in [-0.05, 0) is 32.0 Å². The zero-order valence-electron chi connectivity index (χ0n) is 11.0. The van der Waals surface area contributed by atoms with Crippen molar-refractivity contribution in [1.82, 2.24) is 0 Å². The minimum Gasteiger partial charge on any atom is -0.484 e. The maximum atomic E-state index is 11.7. The van der Waals surface area contributed by atoms with Crippen molar-refractivity contribution in [3.8, 4) is 5.75 Å². The van der Waals surface area contributed by atoms with Crippen LogP contribution in [-0.4, -0.2) is 26.5 Å². The third-order valence-electron chi connectivity index (χ3n) is 2.85. The van der Waals surface area contributed by atoms with Gasteiger partial charge in [0.05, 0.1) is 17.1 Å². The van der Waals surface area contributed by atoms with Crippen LogP contribution >= 0.6 is 0 Å². The predicted molar refractivity (Wildman–Crippen MR) is 70.5 cm³/mol. The van der Waals surface area contributed by atoms with Crippen molar-refractivity contribution in [3.05, 3.63) is 18.2 Å². The van der Waals surface area contributed by atoms with Crippen LogP contribution in [0.1, 0.15) is 20.8 Å². The van der Waals surface area contributed by atoms with Crippen molar-refractivity contribution < 1.29 is 17.9 Å². The molecule has 1 aliphatic rings. The Morgan fingerprint density at radius 1 is 1.42 bits per heavy atom. The Labute approximate surface area is 112 Å². The number of hydrogen-bond acceptors (Lipinski definition) is 4. The summed E-state index contributed by atoms with van der Waals surface area (Å²) in [5.41, 5.74) is -0.0970. The molecule has 1 amide bonds. The molecule has 0 aliphatic carbocycles. The van der Waals surface area contributed by atoms with E-state index < -0.39 is 15.6 Å². The monoisotopic (exact) mass is 284 g/mol. The average Bonchev–Trinajstić information content (AvgIpc) is 2.24. The highest BCUT2D eigenvalue weighted by Gasteiger charge is 2.34. The summed E-state index contributed by atoms with van der Waals surface area (Å²) >= 11 is 0. The van der Waals surface area contributed by atoms with Gasteiger partial charge in [0, 0.05) is 6.92 Å². The molecule has 0 saturated heterocycles. The van der Waals surface area contributed by atoms with Crippen LogP contribution in [0.5, 0.6) is 5.75 Å². The molecule has 0 radical (unpaired) electrons. The lowest BCUT2D eigenvalue weighted by atomic mass is 10.1. The smallest absolute Gasteiger partial charge is 0.238 e. The molecule has 0 spiro atoms. The fraction of sp³-hybridized carbons (Fsp3) is 0.417. The van der Waals surface area contributed by atoms with Crippen molar-refractivity contribution in [2.24, 2.45) is 5.14 Å². The van der Waals surface area contributed by atoms with Gasteiger partial charge >= 0.3 is 0 Å². The van der Waals surface area contributed by atoms with E-state index in [-0.39, 0.29) is 10.8 Å². The summed E-state index contributed by atoms with van der Waals surface area (Å²) in [4.78, 5) is 13.2. The Hall–Kier alpha value is -1.60. The van der Waals surface area contributed by atoms with Gasteiger partial charge in [-0.2, -0.15) is 0 Å². The molecular weight excluding hydrogens is 268 g/mol. The van der Waals surface area contributed by atoms with Crippen molar-refractivity contribution in [1.29, 1.82) is 0 Å². The Morgan fingerprint density at radius 2 is 2.05 bits per heavy atom. The average molecular weight is 284 g/mol. The highest BCUT2D eigenvalue weighted by atomic mass is 32.2. The molecular formula is C12H16N2O4S. The quantitative estimate of drug-likeness (QED) is 0.828. The van der Waals surface area contributed by atoms with Gasteiger partial charge in [0.1, 0.15) is 11.4 Å². The number of hydrogen-bond donors (Lipinski definition) is 1. The van der Waals surface area contributed by atoms with E-state index in [0.717, 1.165) is 0 Å². The lowest BCUT2D eigenvalue weighted by Gasteiger charge is -2.39. The summed E-state index contributed by atoms with van der Waals surface area (Å²) in [6, 6.07) is 4.25. The van der Waals surface area contributed by atoms with Gasteiger partial charge in [-0.1, -0.05) is 0 Å². The molecule has 104 valence electrons. The number of rotatable bonds is 1. The molecule has 0 fully saturated rings. The van der Waals surface area contributed by atoms with Crippen LogP contribution in [0.15, 0.2) is 23.1 Å². The lowest BCUT2D eigenvalue weighted by Crippen LogP contribution is -2.48. The van der Waals surface area contributed by atoms with Gasteiger partial charge in [0.2, 0.25) is 15.9 Å². The summed E-state index contributed by atoms with van der Waals surface area (Å²) in [7, 11) is -3.81. The fourth-order valence-electron chi connectivity index (χ4n) is 2.05. The van der Waals surface area contributed by atoms with Crippen LogP contribution < -0.4 is 14.8 Å². The molecule has 2 N–H and O–H groups in total. The van der Waals surface area contributed by atoms with Gasteiger partial charge in [-0.3, -0.25) is 4.79 Å². The molecule has 19 heavy (non-hydrogen) atoms. The van der Waals surface area contributed by atoms with Crippen LogP contribution in [0.3, 0.4) is 0 Å². The zero-order valence-corrected chi connectivity index (χ0v) is 11.8. The van der Waals surface area contributed by atoms with Crippen LogP contribution in [0, 0.1) is 0 Å². The first-order valence-electron chi connectivity index (χ1n) is 5.74. The fourth-order valence-corrected chi connectivity index (χ4v) is 2.58. The van der Waals surface area contributed by atoms with Gasteiger partial charge in [0.25, 0.3) is 0 Å². The van der Waals surface area contributed by atoms with Crippen LogP contribution in [0.25, 0.3) is 0 Å². The maximum Gasteiger partial charge on any atom is 0.238 e. The molecule has 1 aromatic carbocycles. The SMILES string of the molecule is CC(=O)N1CC(C)(C)Oc2ccc(S(N)(=O)=O)cc21. The number of carbonyl (C=O) groups excluding carboxylic acids is 1. The number of sulfonamides is 1. The summed E-state index contributed by atoms with van der Waals surface area (Å²) in [5, 5.41) is 5.09. The summed E-state index contributed by atoms with van der Waals surface area (Å²) in [5.74, 6) is 0.294. The van der Waals surface area contributed by atoms with Gasteiger partial charge < -0.3 is 9.64 Å². The number of anilines is 1. The van der Waals surface area contributed by atoms with Crippen LogP contribution in [0.4, 0.5) is 5.69 Å². The molecule has 1 aliphatic heterocycles. The predicted octanol–water partition coefficient (Wildman–Crippen LogP) is 0.858. The van der Waals surface area contributed by atoms with Gasteiger partial charge in [-0.15, -0.1) is 0 Å². The number of nitrogens with two attached hydrogens (primary N) is 1. The van der Waals surface area contributed by atoms with Crippen LogP contribution in [0.2, 0.25) is 0 Å². The summed E-state index contributed by atoms with van der Waals surface area (Å²) < 4.78 is 28.4. The molecule has 1 heterocycles. The largest absolute Gasteiger partial charge is 0.484 e. The minimum absolute atomic E-state index is 0.0409. The normalized spacial score (nSPS) is 17.6. The number of nitrogens with zero attached hydrogens (tertiary/aromatic N) is 1. The number of primary sulfonamides is 1. The molecule has 7 heteroatoms. The van der Waals surface area contributed by atoms with E-state index in [1.807, 2.05) is 13.8 Å². The third kappa shape index (κ3) is 2.71. The van der Waals surface area contributed by atoms with E-state index >= 15 is 0 Å². The number of ether oxygens (including phenoxy) is 1. The standard InChI is InChI=1S/C12H16N2O4S/c1-8(15)14-7-12(2,3)18-11-5-4-9(6-10(11)14)19(13,16)17/h4-6H,7H2,1-3H3,(H2,13,16,17). The first-order chi connectivity index (χ1) is 8.60. The Morgan fingerprint density at radius 3 is 2.58 bits per heavy atom. The molecule has 0 bridgehead atoms. The zero-order chi connectivity index (χ0) is 14.4. The second kappa shape index (κ2) is 4.21. The highest BCUT2D eigenvalue weighted by molar-refractivity contribution is 7.89. The number of benzene rings is 1. The molecule has 0 unspecified atom stereocenters. The number of carbonyl (C=O) groups is 1. The second-order valence-electron chi connectivity index (χ2n) is 5.14. The van der Waals surface area contributed by atoms with E-state index in [9.17, 15) is 13.2 Å². The van der Waals surface area contributed by atoms with E-state index in [1.54, 1.807) is 0 Å². The molecule has 2 rings (SSSR count). The van der Waals surface area contributed by atoms with Crippen LogP contribution in [-0.2, 0) is 14.8 Å². The first-order valence-corrected chi connectivity index (χ1v) is 7.29. The van der Waals surface area contributed by atoms with E-state index in [4.69, 9.17) is 9.88 Å². The van der Waals surface area contributed by atoms with Crippen molar-refractivity contribution in [2.75, 3.05) is 11.4 Å². The molecule has 1 aromatic rings. The van der Waals surface area contributed by atoms with Crippen molar-refractivity contribution in [2.45, 2.75) is 31.3 Å². The van der Waals surface area contributed by atoms with Gasteiger partial charge in [-0.25, -0.2) is 13.6 Å². The third-order valence-corrected chi connectivity index (χ3v) is 3.77. The molecule has 0 aromatic heterocycles. The molecule has 6 nitrogen and oxygen atoms in total. The van der Waals surface area contributed by atoms with Gasteiger partial charge in [0.15, 0.2) is 0 Å². The Balaban J connectivity index is 2.59. The van der Waals surface area contributed by atoms with Crippen molar-refractivity contribution >= 4 is 21.6 Å². The lowest BCUT2D eigenvalue weighted by molar-refractivity contribution is -0.117. The number of fused-ring (bicyclic) bond motifs is 1.